The van der Waals surface area contributed by atoms with Crippen LogP contribution in [0.15, 0.2) is 11.6 Å². The topological polar surface area (TPSA) is 72.8 Å². The van der Waals surface area contributed by atoms with Crippen LogP contribution in [-0.2, 0) is 19.1 Å². The van der Waals surface area contributed by atoms with Gasteiger partial charge in [0.25, 0.3) is 0 Å². The zero-order chi connectivity index (χ0) is 25.7. The first-order valence-electron chi connectivity index (χ1n) is 14.3. The minimum absolute atomic E-state index is 0.0645. The van der Waals surface area contributed by atoms with Crippen LogP contribution in [0.4, 0.5) is 0 Å². The molecule has 3 atom stereocenters. The van der Waals surface area contributed by atoms with Gasteiger partial charge in [0, 0.05) is 5.75 Å². The molecule has 0 radical (unpaired) electrons. The molecular formula is C29H52O5S. The second kappa shape index (κ2) is 21.1. The molecule has 1 aliphatic rings. The third-order valence-electron chi connectivity index (χ3n) is 6.82. The molecule has 6 heteroatoms. The normalized spacial score (nSPS) is 21.3. The third kappa shape index (κ3) is 15.0. The van der Waals surface area contributed by atoms with Crippen LogP contribution in [0.1, 0.15) is 124 Å². The van der Waals surface area contributed by atoms with Crippen molar-refractivity contribution < 1.29 is 24.2 Å². The van der Waals surface area contributed by atoms with Gasteiger partial charge in [0.1, 0.15) is 0 Å². The Morgan fingerprint density at radius 3 is 2.06 bits per heavy atom. The first kappa shape index (κ1) is 32.0. The number of unbranched alkanes of at least 4 members (excludes halogenated alkanes) is 11. The Balaban J connectivity index is 2.44. The van der Waals surface area contributed by atoms with Crippen molar-refractivity contribution >= 4 is 23.7 Å². The highest BCUT2D eigenvalue weighted by atomic mass is 32.2. The fourth-order valence-electron chi connectivity index (χ4n) is 4.81. The van der Waals surface area contributed by atoms with E-state index in [9.17, 15) is 14.7 Å². The average Bonchev–Trinajstić information content (AvgIpc) is 2.83. The van der Waals surface area contributed by atoms with Gasteiger partial charge in [-0.25, -0.2) is 0 Å². The molecule has 0 aromatic heterocycles. The number of ether oxygens (including phenoxy) is 2. The predicted octanol–water partition coefficient (Wildman–Crippen LogP) is 7.39. The molecule has 1 fully saturated rings. The molecule has 204 valence electrons. The van der Waals surface area contributed by atoms with Crippen LogP contribution in [-0.4, -0.2) is 47.4 Å². The molecule has 0 bridgehead atoms. The summed E-state index contributed by atoms with van der Waals surface area (Å²) in [5, 5.41) is 11.0. The highest BCUT2D eigenvalue weighted by Gasteiger charge is 2.36. The predicted molar refractivity (Wildman–Crippen MR) is 147 cm³/mol. The van der Waals surface area contributed by atoms with E-state index in [1.807, 2.05) is 6.92 Å². The van der Waals surface area contributed by atoms with Crippen LogP contribution in [0.25, 0.3) is 0 Å². The number of esters is 2. The van der Waals surface area contributed by atoms with Crippen molar-refractivity contribution in [3.63, 3.8) is 0 Å². The lowest BCUT2D eigenvalue weighted by Gasteiger charge is -2.36. The van der Waals surface area contributed by atoms with E-state index in [0.717, 1.165) is 19.3 Å². The van der Waals surface area contributed by atoms with E-state index >= 15 is 0 Å². The Bertz CT molecular complexity index is 592. The van der Waals surface area contributed by atoms with Gasteiger partial charge in [0.15, 0.2) is 0 Å². The number of hydrogen-bond acceptors (Lipinski definition) is 6. The van der Waals surface area contributed by atoms with E-state index in [2.05, 4.69) is 13.0 Å². The number of aliphatic hydroxyl groups is 1. The number of carbonyl (C=O) groups excluding carboxylic acids is 2. The highest BCUT2D eigenvalue weighted by Crippen LogP contribution is 2.39. The van der Waals surface area contributed by atoms with Crippen molar-refractivity contribution in [2.24, 2.45) is 5.92 Å². The Morgan fingerprint density at radius 2 is 1.46 bits per heavy atom. The standard InChI is InChI=1S/C29H52O5S/c1-4-7-8-9-10-11-12-13-14-15-16-17-18-24-19-20-25(23-27(31)34-6-3)28(32)29(24)35-22-21-26(30)33-5-2/h18,25,28-29,32H,4-17,19-23H2,1-3H3/t25-,28+,29+/m0/s1. The lowest BCUT2D eigenvalue weighted by Crippen LogP contribution is -2.38. The molecule has 1 N–H and O–H groups in total. The first-order valence-corrected chi connectivity index (χ1v) is 15.4. The molecule has 0 aromatic carbocycles. The van der Waals surface area contributed by atoms with Gasteiger partial charge in [-0.15, -0.1) is 0 Å². The van der Waals surface area contributed by atoms with Gasteiger partial charge in [-0.2, -0.15) is 11.8 Å². The summed E-state index contributed by atoms with van der Waals surface area (Å²) < 4.78 is 10.2. The SMILES string of the molecule is CCCCCCCCCCCCCC=C1CC[C@@H](CC(=O)OCC)[C@@H](O)[C@@H]1SCCC(=O)OCC. The molecule has 35 heavy (non-hydrogen) atoms. The van der Waals surface area contributed by atoms with E-state index in [1.54, 1.807) is 18.7 Å². The van der Waals surface area contributed by atoms with E-state index in [1.165, 1.54) is 76.2 Å². The molecule has 0 unspecified atom stereocenters. The zero-order valence-corrected chi connectivity index (χ0v) is 23.5. The molecule has 5 nitrogen and oxygen atoms in total. The first-order chi connectivity index (χ1) is 17.0. The number of thioether (sulfide) groups is 1. The van der Waals surface area contributed by atoms with Gasteiger partial charge in [-0.1, -0.05) is 82.8 Å². The molecule has 0 heterocycles. The van der Waals surface area contributed by atoms with Crippen molar-refractivity contribution in [1.29, 1.82) is 0 Å². The minimum atomic E-state index is -0.594. The second-order valence-corrected chi connectivity index (χ2v) is 11.0. The minimum Gasteiger partial charge on any atom is -0.466 e. The van der Waals surface area contributed by atoms with Gasteiger partial charge in [0.05, 0.1) is 37.4 Å². The van der Waals surface area contributed by atoms with Crippen molar-refractivity contribution in [2.75, 3.05) is 19.0 Å². The van der Waals surface area contributed by atoms with Gasteiger partial charge < -0.3 is 14.6 Å². The van der Waals surface area contributed by atoms with E-state index < -0.39 is 6.10 Å². The van der Waals surface area contributed by atoms with Crippen LogP contribution < -0.4 is 0 Å². The van der Waals surface area contributed by atoms with Crippen LogP contribution in [0.3, 0.4) is 0 Å². The Labute approximate surface area is 219 Å². The molecule has 0 amide bonds. The van der Waals surface area contributed by atoms with Crippen LogP contribution in [0.2, 0.25) is 0 Å². The molecule has 0 spiro atoms. The highest BCUT2D eigenvalue weighted by molar-refractivity contribution is 8.00. The summed E-state index contributed by atoms with van der Waals surface area (Å²) >= 11 is 1.62. The van der Waals surface area contributed by atoms with Crippen LogP contribution in [0, 0.1) is 5.92 Å². The zero-order valence-electron chi connectivity index (χ0n) is 22.7. The summed E-state index contributed by atoms with van der Waals surface area (Å²) in [6.45, 7) is 6.63. The molecule has 1 aliphatic carbocycles. The van der Waals surface area contributed by atoms with Crippen molar-refractivity contribution in [3.05, 3.63) is 11.6 Å². The largest absolute Gasteiger partial charge is 0.466 e. The van der Waals surface area contributed by atoms with Gasteiger partial charge in [-0.3, -0.25) is 9.59 Å². The Kier molecular flexibility index (Phi) is 19.3. The molecule has 0 aromatic rings. The molecule has 1 rings (SSSR count). The summed E-state index contributed by atoms with van der Waals surface area (Å²) in [5.74, 6) is 0.0935. The van der Waals surface area contributed by atoms with Gasteiger partial charge in [0.2, 0.25) is 0 Å². The maximum Gasteiger partial charge on any atom is 0.306 e. The van der Waals surface area contributed by atoms with Crippen LogP contribution in [0.5, 0.6) is 0 Å². The van der Waals surface area contributed by atoms with E-state index in [0.29, 0.717) is 25.4 Å². The molecular weight excluding hydrogens is 460 g/mol. The quantitative estimate of drug-likeness (QED) is 0.104. The summed E-state index contributed by atoms with van der Waals surface area (Å²) in [6, 6.07) is 0. The maximum atomic E-state index is 12.0. The maximum absolute atomic E-state index is 12.0. The lowest BCUT2D eigenvalue weighted by atomic mass is 9.80. The van der Waals surface area contributed by atoms with Crippen molar-refractivity contribution in [2.45, 2.75) is 135 Å². The molecule has 1 saturated carbocycles. The summed E-state index contributed by atoms with van der Waals surface area (Å²) in [4.78, 5) is 23.8. The van der Waals surface area contributed by atoms with Gasteiger partial charge in [-0.05, 0) is 45.4 Å². The smallest absolute Gasteiger partial charge is 0.306 e. The molecule has 0 saturated heterocycles. The number of rotatable bonds is 20. The number of aliphatic hydroxyl groups excluding tert-OH is 1. The van der Waals surface area contributed by atoms with E-state index in [4.69, 9.17) is 9.47 Å². The molecule has 0 aliphatic heterocycles. The third-order valence-corrected chi connectivity index (χ3v) is 8.20. The lowest BCUT2D eigenvalue weighted by molar-refractivity contribution is -0.145. The summed E-state index contributed by atoms with van der Waals surface area (Å²) in [6.07, 6.45) is 19.8. The average molecular weight is 513 g/mol. The van der Waals surface area contributed by atoms with Crippen molar-refractivity contribution in [1.82, 2.24) is 0 Å². The number of hydrogen-bond donors (Lipinski definition) is 1. The monoisotopic (exact) mass is 512 g/mol. The second-order valence-electron chi connectivity index (χ2n) is 9.75. The Morgan fingerprint density at radius 1 is 0.886 bits per heavy atom. The van der Waals surface area contributed by atoms with E-state index in [-0.39, 0.29) is 29.5 Å². The summed E-state index contributed by atoms with van der Waals surface area (Å²) in [7, 11) is 0. The van der Waals surface area contributed by atoms with Crippen LogP contribution >= 0.6 is 11.8 Å². The number of carbonyl (C=O) groups is 2. The summed E-state index contributed by atoms with van der Waals surface area (Å²) in [5.41, 5.74) is 1.28. The van der Waals surface area contributed by atoms with Gasteiger partial charge >= 0.3 is 11.9 Å². The van der Waals surface area contributed by atoms with Crippen molar-refractivity contribution in [3.8, 4) is 0 Å². The fourth-order valence-corrected chi connectivity index (χ4v) is 6.20. The Hall–Kier alpha value is -1.01. The number of allylic oxidation sites excluding steroid dienone is 1. The fraction of sp³-hybridized carbons (Fsp3) is 0.862.